The second kappa shape index (κ2) is 7.12. The van der Waals surface area contributed by atoms with Gasteiger partial charge in [0.2, 0.25) is 0 Å². The van der Waals surface area contributed by atoms with E-state index in [-0.39, 0.29) is 13.2 Å². The highest BCUT2D eigenvalue weighted by Crippen LogP contribution is 2.24. The van der Waals surface area contributed by atoms with E-state index in [2.05, 4.69) is 0 Å². The summed E-state index contributed by atoms with van der Waals surface area (Å²) in [4.78, 5) is 0. The first-order chi connectivity index (χ1) is 9.67. The van der Waals surface area contributed by atoms with Gasteiger partial charge in [0.25, 0.3) is 0 Å². The van der Waals surface area contributed by atoms with Crippen molar-refractivity contribution in [2.45, 2.75) is 37.3 Å². The molecule has 0 bridgehead atoms. The van der Waals surface area contributed by atoms with E-state index in [1.807, 2.05) is 30.3 Å². The van der Waals surface area contributed by atoms with Crippen LogP contribution in [0.1, 0.15) is 5.56 Å². The van der Waals surface area contributed by atoms with Crippen molar-refractivity contribution in [3.8, 4) is 0 Å². The molecule has 112 valence electrons. The molecule has 0 unspecified atom stereocenters. The number of methoxy groups -OCH3 is 1. The van der Waals surface area contributed by atoms with Gasteiger partial charge in [0, 0.05) is 7.11 Å². The predicted molar refractivity (Wildman–Crippen MR) is 69.8 cm³/mol. The Morgan fingerprint density at radius 3 is 2.45 bits per heavy atom. The minimum absolute atomic E-state index is 0.257. The van der Waals surface area contributed by atoms with Crippen LogP contribution in [0.25, 0.3) is 0 Å². The molecule has 6 nitrogen and oxygen atoms in total. The topological polar surface area (TPSA) is 88.4 Å². The minimum Gasteiger partial charge on any atom is -0.394 e. The van der Waals surface area contributed by atoms with Gasteiger partial charge in [-0.2, -0.15) is 0 Å². The molecule has 1 aromatic carbocycles. The van der Waals surface area contributed by atoms with Crippen LogP contribution in [-0.4, -0.2) is 59.7 Å². The van der Waals surface area contributed by atoms with Crippen molar-refractivity contribution >= 4 is 0 Å². The average Bonchev–Trinajstić information content (AvgIpc) is 2.48. The third kappa shape index (κ3) is 3.35. The Kier molecular flexibility index (Phi) is 5.47. The maximum Gasteiger partial charge on any atom is 0.187 e. The summed E-state index contributed by atoms with van der Waals surface area (Å²) in [5.74, 6) is 0. The zero-order valence-corrected chi connectivity index (χ0v) is 11.3. The van der Waals surface area contributed by atoms with Crippen LogP contribution >= 0.6 is 0 Å². The molecule has 5 atom stereocenters. The molecule has 0 saturated carbocycles. The third-order valence-electron chi connectivity index (χ3n) is 3.35. The van der Waals surface area contributed by atoms with Gasteiger partial charge in [0.1, 0.15) is 24.4 Å². The fraction of sp³-hybridized carbons (Fsp3) is 0.571. The first-order valence-electron chi connectivity index (χ1n) is 6.48. The molecule has 1 aliphatic heterocycles. The molecular formula is C14H20O6. The number of aliphatic hydroxyl groups is 3. The Morgan fingerprint density at radius 2 is 1.85 bits per heavy atom. The van der Waals surface area contributed by atoms with Gasteiger partial charge < -0.3 is 29.5 Å². The fourth-order valence-electron chi connectivity index (χ4n) is 2.22. The second-order valence-corrected chi connectivity index (χ2v) is 4.70. The Morgan fingerprint density at radius 1 is 1.15 bits per heavy atom. The van der Waals surface area contributed by atoms with Crippen LogP contribution in [0.5, 0.6) is 0 Å². The zero-order chi connectivity index (χ0) is 14.5. The van der Waals surface area contributed by atoms with Crippen LogP contribution in [0.3, 0.4) is 0 Å². The van der Waals surface area contributed by atoms with Crippen molar-refractivity contribution < 1.29 is 29.5 Å². The molecule has 1 saturated heterocycles. The minimum atomic E-state index is -1.12. The zero-order valence-electron chi connectivity index (χ0n) is 11.3. The smallest absolute Gasteiger partial charge is 0.187 e. The maximum atomic E-state index is 10.1. The van der Waals surface area contributed by atoms with Gasteiger partial charge in [-0.25, -0.2) is 0 Å². The molecule has 2 rings (SSSR count). The van der Waals surface area contributed by atoms with Gasteiger partial charge in [0.05, 0.1) is 13.2 Å². The summed E-state index contributed by atoms with van der Waals surface area (Å²) in [6.45, 7) is -0.119. The molecule has 0 aromatic heterocycles. The molecular weight excluding hydrogens is 264 g/mol. The lowest BCUT2D eigenvalue weighted by molar-refractivity contribution is -0.307. The summed E-state index contributed by atoms with van der Waals surface area (Å²) in [6, 6.07) is 9.45. The quantitative estimate of drug-likeness (QED) is 0.685. The highest BCUT2D eigenvalue weighted by atomic mass is 16.7. The van der Waals surface area contributed by atoms with Crippen LogP contribution < -0.4 is 0 Å². The van der Waals surface area contributed by atoms with E-state index < -0.39 is 30.7 Å². The molecule has 3 N–H and O–H groups in total. The van der Waals surface area contributed by atoms with Crippen molar-refractivity contribution in [2.75, 3.05) is 13.7 Å². The first-order valence-corrected chi connectivity index (χ1v) is 6.48. The molecule has 1 aliphatic rings. The van der Waals surface area contributed by atoms with Crippen LogP contribution in [0, 0.1) is 0 Å². The number of ether oxygens (including phenoxy) is 3. The molecule has 1 fully saturated rings. The fourth-order valence-corrected chi connectivity index (χ4v) is 2.22. The van der Waals surface area contributed by atoms with Crippen molar-refractivity contribution in [1.82, 2.24) is 0 Å². The number of hydrogen-bond acceptors (Lipinski definition) is 6. The normalized spacial score (nSPS) is 34.1. The highest BCUT2D eigenvalue weighted by molar-refractivity contribution is 5.13. The van der Waals surface area contributed by atoms with E-state index in [9.17, 15) is 15.3 Å². The van der Waals surface area contributed by atoms with Crippen LogP contribution in [0.15, 0.2) is 30.3 Å². The van der Waals surface area contributed by atoms with Crippen molar-refractivity contribution in [3.05, 3.63) is 35.9 Å². The monoisotopic (exact) mass is 284 g/mol. The summed E-state index contributed by atoms with van der Waals surface area (Å²) in [5, 5.41) is 29.1. The van der Waals surface area contributed by atoms with Crippen molar-refractivity contribution in [2.24, 2.45) is 0 Å². The molecule has 1 heterocycles. The van der Waals surface area contributed by atoms with E-state index in [1.54, 1.807) is 0 Å². The van der Waals surface area contributed by atoms with Crippen LogP contribution in [-0.2, 0) is 20.8 Å². The van der Waals surface area contributed by atoms with Gasteiger partial charge >= 0.3 is 0 Å². The molecule has 20 heavy (non-hydrogen) atoms. The molecule has 0 spiro atoms. The summed E-state index contributed by atoms with van der Waals surface area (Å²) >= 11 is 0. The van der Waals surface area contributed by atoms with Crippen LogP contribution in [0.4, 0.5) is 0 Å². The van der Waals surface area contributed by atoms with E-state index in [4.69, 9.17) is 14.2 Å². The molecule has 1 aromatic rings. The Hall–Kier alpha value is -1.02. The lowest BCUT2D eigenvalue weighted by Gasteiger charge is -2.41. The van der Waals surface area contributed by atoms with Crippen LogP contribution in [0.2, 0.25) is 0 Å². The van der Waals surface area contributed by atoms with E-state index in [1.165, 1.54) is 7.11 Å². The van der Waals surface area contributed by atoms with Gasteiger partial charge in [-0.15, -0.1) is 0 Å². The number of aliphatic hydroxyl groups excluding tert-OH is 3. The van der Waals surface area contributed by atoms with Crippen molar-refractivity contribution in [1.29, 1.82) is 0 Å². The van der Waals surface area contributed by atoms with E-state index in [0.29, 0.717) is 0 Å². The Balaban J connectivity index is 1.99. The third-order valence-corrected chi connectivity index (χ3v) is 3.35. The van der Waals surface area contributed by atoms with Gasteiger partial charge in [-0.1, -0.05) is 30.3 Å². The second-order valence-electron chi connectivity index (χ2n) is 4.70. The Labute approximate surface area is 117 Å². The molecule has 0 radical (unpaired) electrons. The lowest BCUT2D eigenvalue weighted by atomic mass is 9.99. The first kappa shape index (κ1) is 15.4. The largest absolute Gasteiger partial charge is 0.394 e. The highest BCUT2D eigenvalue weighted by Gasteiger charge is 2.45. The number of rotatable bonds is 5. The summed E-state index contributed by atoms with van der Waals surface area (Å²) in [6.07, 6.45) is -4.88. The Bertz CT molecular complexity index is 398. The number of benzene rings is 1. The van der Waals surface area contributed by atoms with E-state index >= 15 is 0 Å². The van der Waals surface area contributed by atoms with Gasteiger partial charge in [0.15, 0.2) is 6.29 Å². The SMILES string of the molecule is CO[C@@H]1[C@@H](O)[C@@H](OCc2ccccc2)O[C@H](CO)[C@H]1O. The summed E-state index contributed by atoms with van der Waals surface area (Å²) in [5.41, 5.74) is 0.934. The average molecular weight is 284 g/mol. The van der Waals surface area contributed by atoms with E-state index in [0.717, 1.165) is 5.56 Å². The molecule has 0 amide bonds. The lowest BCUT2D eigenvalue weighted by Crippen LogP contribution is -2.59. The summed E-state index contributed by atoms with van der Waals surface area (Å²) in [7, 11) is 1.38. The van der Waals surface area contributed by atoms with Crippen molar-refractivity contribution in [3.63, 3.8) is 0 Å². The molecule has 0 aliphatic carbocycles. The number of hydrogen-bond donors (Lipinski definition) is 3. The summed E-state index contributed by atoms with van der Waals surface area (Å²) < 4.78 is 15.9. The predicted octanol–water partition coefficient (Wildman–Crippen LogP) is -0.343. The maximum absolute atomic E-state index is 10.1. The molecule has 6 heteroatoms. The van der Waals surface area contributed by atoms with Gasteiger partial charge in [-0.05, 0) is 5.56 Å². The standard InChI is InChI=1S/C14H20O6/c1-18-13-11(16)10(7-15)20-14(12(13)17)19-8-9-5-3-2-4-6-9/h2-6,10-17H,7-8H2,1H3/t10-,11-,12-,13+,14+/m1/s1. The van der Waals surface area contributed by atoms with Gasteiger partial charge in [-0.3, -0.25) is 0 Å².